The van der Waals surface area contributed by atoms with E-state index in [1.807, 2.05) is 0 Å². The van der Waals surface area contributed by atoms with Gasteiger partial charge < -0.3 is 0 Å². The monoisotopic (exact) mass is 249 g/mol. The molecule has 0 aliphatic rings. The fraction of sp³-hybridized carbons (Fsp3) is 0.231. The fourth-order valence-electron chi connectivity index (χ4n) is 1.66. The second kappa shape index (κ2) is 4.75. The van der Waals surface area contributed by atoms with Gasteiger partial charge in [0.15, 0.2) is 5.78 Å². The lowest BCUT2D eigenvalue weighted by atomic mass is 10.1. The number of aromatic nitrogens is 1. The molecule has 17 heavy (non-hydrogen) atoms. The highest BCUT2D eigenvalue weighted by Crippen LogP contribution is 2.22. The van der Waals surface area contributed by atoms with Gasteiger partial charge in [-0.1, -0.05) is 18.2 Å². The van der Waals surface area contributed by atoms with Crippen LogP contribution in [0.4, 0.5) is 4.39 Å². The topological polar surface area (TPSA) is 30.0 Å². The summed E-state index contributed by atoms with van der Waals surface area (Å²) < 4.78 is 13.5. The van der Waals surface area contributed by atoms with E-state index in [-0.39, 0.29) is 11.6 Å². The highest BCUT2D eigenvalue weighted by Gasteiger charge is 2.12. The van der Waals surface area contributed by atoms with Crippen LogP contribution >= 0.6 is 11.3 Å². The summed E-state index contributed by atoms with van der Waals surface area (Å²) in [7, 11) is 0. The maximum absolute atomic E-state index is 13.5. The summed E-state index contributed by atoms with van der Waals surface area (Å²) in [5.74, 6) is -0.218. The van der Waals surface area contributed by atoms with E-state index in [2.05, 4.69) is 4.98 Å². The van der Waals surface area contributed by atoms with Crippen LogP contribution in [0.5, 0.6) is 0 Å². The molecule has 1 heterocycles. The van der Waals surface area contributed by atoms with Crippen LogP contribution in [0.3, 0.4) is 0 Å². The molecule has 0 amide bonds. The van der Waals surface area contributed by atoms with Gasteiger partial charge >= 0.3 is 0 Å². The maximum Gasteiger partial charge on any atom is 0.171 e. The number of aryl methyl sites for hydroxylation is 1. The molecule has 88 valence electrons. The van der Waals surface area contributed by atoms with Crippen LogP contribution in [0, 0.1) is 12.7 Å². The molecule has 0 spiro atoms. The van der Waals surface area contributed by atoms with Crippen molar-refractivity contribution in [1.82, 2.24) is 4.98 Å². The highest BCUT2D eigenvalue weighted by atomic mass is 32.1. The Kier molecular flexibility index (Phi) is 3.33. The molecule has 0 fully saturated rings. The number of thiazole rings is 1. The number of carbonyl (C=O) groups excluding carboxylic acids is 1. The van der Waals surface area contributed by atoms with Gasteiger partial charge in [0.2, 0.25) is 0 Å². The molecular formula is C13H12FNOS. The van der Waals surface area contributed by atoms with E-state index >= 15 is 0 Å². The molecule has 0 atom stereocenters. The van der Waals surface area contributed by atoms with Crippen LogP contribution in [0.2, 0.25) is 0 Å². The molecule has 0 saturated carbocycles. The molecule has 0 saturated heterocycles. The zero-order valence-electron chi connectivity index (χ0n) is 9.66. The first-order valence-electron chi connectivity index (χ1n) is 5.28. The average molecular weight is 249 g/mol. The minimum Gasteiger partial charge on any atom is -0.294 e. The molecule has 2 rings (SSSR count). The third kappa shape index (κ3) is 2.58. The molecule has 0 N–H and O–H groups in total. The van der Waals surface area contributed by atoms with Crippen LogP contribution in [-0.4, -0.2) is 10.8 Å². The zero-order valence-corrected chi connectivity index (χ0v) is 10.5. The van der Waals surface area contributed by atoms with E-state index in [0.29, 0.717) is 16.9 Å². The predicted molar refractivity (Wildman–Crippen MR) is 66.1 cm³/mol. The first kappa shape index (κ1) is 11.9. The first-order valence-corrected chi connectivity index (χ1v) is 6.10. The molecule has 0 bridgehead atoms. The maximum atomic E-state index is 13.5. The molecular weight excluding hydrogens is 237 g/mol. The number of benzene rings is 1. The van der Waals surface area contributed by atoms with E-state index in [1.165, 1.54) is 24.3 Å². The Morgan fingerprint density at radius 3 is 2.71 bits per heavy atom. The van der Waals surface area contributed by atoms with Gasteiger partial charge in [0.05, 0.1) is 15.6 Å². The molecule has 0 aliphatic carbocycles. The quantitative estimate of drug-likeness (QED) is 0.780. The molecule has 2 nitrogen and oxygen atoms in total. The minimum atomic E-state index is -0.232. The molecule has 1 aromatic heterocycles. The Labute approximate surface area is 103 Å². The van der Waals surface area contributed by atoms with Gasteiger partial charge in [0, 0.05) is 13.3 Å². The van der Waals surface area contributed by atoms with Gasteiger partial charge in [0.25, 0.3) is 0 Å². The summed E-state index contributed by atoms with van der Waals surface area (Å²) in [5, 5.41) is 0.776. The molecule has 0 radical (unpaired) electrons. The SMILES string of the molecule is CC(=O)c1sc(Cc2ccccc2F)nc1C. The number of halogens is 1. The van der Waals surface area contributed by atoms with Crippen LogP contribution in [0.1, 0.15) is 32.9 Å². The zero-order chi connectivity index (χ0) is 12.4. The number of hydrogen-bond donors (Lipinski definition) is 0. The lowest BCUT2D eigenvalue weighted by molar-refractivity contribution is 0.102. The Balaban J connectivity index is 2.28. The smallest absolute Gasteiger partial charge is 0.171 e. The standard InChI is InChI=1S/C13H12FNOS/c1-8-13(9(2)16)17-12(15-8)7-10-5-3-4-6-11(10)14/h3-6H,7H2,1-2H3. The van der Waals surface area contributed by atoms with Gasteiger partial charge in [-0.15, -0.1) is 11.3 Å². The van der Waals surface area contributed by atoms with Crippen LogP contribution in [0.15, 0.2) is 24.3 Å². The second-order valence-electron chi connectivity index (χ2n) is 3.85. The normalized spacial score (nSPS) is 10.5. The van der Waals surface area contributed by atoms with Crippen LogP contribution in [0.25, 0.3) is 0 Å². The van der Waals surface area contributed by atoms with Crippen LogP contribution < -0.4 is 0 Å². The number of hydrogen-bond acceptors (Lipinski definition) is 3. The van der Waals surface area contributed by atoms with E-state index in [0.717, 1.165) is 10.7 Å². The van der Waals surface area contributed by atoms with Crippen molar-refractivity contribution in [3.05, 3.63) is 51.2 Å². The molecule has 4 heteroatoms. The summed E-state index contributed by atoms with van der Waals surface area (Å²) in [6.07, 6.45) is 0.436. The van der Waals surface area contributed by atoms with Crippen molar-refractivity contribution in [3.8, 4) is 0 Å². The highest BCUT2D eigenvalue weighted by molar-refractivity contribution is 7.13. The van der Waals surface area contributed by atoms with Crippen molar-refractivity contribution in [2.45, 2.75) is 20.3 Å². The molecule has 0 aliphatic heterocycles. The summed E-state index contributed by atoms with van der Waals surface area (Å²) in [6, 6.07) is 6.62. The van der Waals surface area contributed by atoms with Gasteiger partial charge in [-0.25, -0.2) is 9.37 Å². The number of Topliss-reactive ketones (excluding diaryl/α,β-unsaturated/α-hetero) is 1. The molecule has 0 unspecified atom stereocenters. The summed E-state index contributed by atoms with van der Waals surface area (Å²) in [6.45, 7) is 3.32. The van der Waals surface area contributed by atoms with Crippen LogP contribution in [-0.2, 0) is 6.42 Å². The third-order valence-electron chi connectivity index (χ3n) is 2.46. The van der Waals surface area contributed by atoms with Crippen molar-refractivity contribution < 1.29 is 9.18 Å². The third-order valence-corrected chi connectivity index (χ3v) is 3.72. The van der Waals surface area contributed by atoms with E-state index < -0.39 is 0 Å². The molecule has 1 aromatic carbocycles. The van der Waals surface area contributed by atoms with Crippen molar-refractivity contribution >= 4 is 17.1 Å². The Morgan fingerprint density at radius 2 is 2.12 bits per heavy atom. The van der Waals surface area contributed by atoms with E-state index in [1.54, 1.807) is 25.1 Å². The van der Waals surface area contributed by atoms with E-state index in [9.17, 15) is 9.18 Å². The van der Waals surface area contributed by atoms with Gasteiger partial charge in [-0.2, -0.15) is 0 Å². The second-order valence-corrected chi connectivity index (χ2v) is 4.93. The van der Waals surface area contributed by atoms with Crippen molar-refractivity contribution in [1.29, 1.82) is 0 Å². The Hall–Kier alpha value is -1.55. The first-order chi connectivity index (χ1) is 8.08. The number of ketones is 1. The average Bonchev–Trinajstić information content (AvgIpc) is 2.63. The number of carbonyl (C=O) groups is 1. The summed E-state index contributed by atoms with van der Waals surface area (Å²) in [4.78, 5) is 16.3. The fourth-order valence-corrected chi connectivity index (χ4v) is 2.64. The number of nitrogens with zero attached hydrogens (tertiary/aromatic N) is 1. The minimum absolute atomic E-state index is 0.0137. The molecule has 2 aromatic rings. The van der Waals surface area contributed by atoms with Crippen molar-refractivity contribution in [3.63, 3.8) is 0 Å². The van der Waals surface area contributed by atoms with Gasteiger partial charge in [-0.3, -0.25) is 4.79 Å². The Bertz CT molecular complexity index is 562. The van der Waals surface area contributed by atoms with E-state index in [4.69, 9.17) is 0 Å². The lowest BCUT2D eigenvalue weighted by Crippen LogP contribution is -1.91. The number of rotatable bonds is 3. The largest absolute Gasteiger partial charge is 0.294 e. The summed E-state index contributed by atoms with van der Waals surface area (Å²) in [5.41, 5.74) is 1.34. The van der Waals surface area contributed by atoms with Crippen molar-refractivity contribution in [2.75, 3.05) is 0 Å². The Morgan fingerprint density at radius 1 is 1.41 bits per heavy atom. The lowest BCUT2D eigenvalue weighted by Gasteiger charge is -1.98. The van der Waals surface area contributed by atoms with Gasteiger partial charge in [-0.05, 0) is 18.6 Å². The summed E-state index contributed by atoms with van der Waals surface area (Å²) >= 11 is 1.34. The van der Waals surface area contributed by atoms with Crippen molar-refractivity contribution in [2.24, 2.45) is 0 Å². The van der Waals surface area contributed by atoms with Gasteiger partial charge in [0.1, 0.15) is 5.82 Å². The predicted octanol–water partition coefficient (Wildman–Crippen LogP) is 3.38.